The predicted octanol–water partition coefficient (Wildman–Crippen LogP) is 3.38. The molecular weight excluding hydrogens is 368 g/mol. The number of amides is 2. The van der Waals surface area contributed by atoms with Crippen LogP contribution in [0.1, 0.15) is 30.9 Å². The van der Waals surface area contributed by atoms with Gasteiger partial charge in [0.05, 0.1) is 0 Å². The third kappa shape index (κ3) is 6.83. The predicted molar refractivity (Wildman–Crippen MR) is 104 cm³/mol. The van der Waals surface area contributed by atoms with Gasteiger partial charge < -0.3 is 9.47 Å². The largest absolute Gasteiger partial charge is 0.484 e. The highest BCUT2D eigenvalue weighted by molar-refractivity contribution is 6.31. The van der Waals surface area contributed by atoms with E-state index in [1.54, 1.807) is 18.2 Å². The molecule has 0 aliphatic carbocycles. The Morgan fingerprint density at radius 3 is 1.96 bits per heavy atom. The summed E-state index contributed by atoms with van der Waals surface area (Å²) in [6, 6.07) is 12.6. The van der Waals surface area contributed by atoms with Crippen LogP contribution < -0.4 is 20.3 Å². The molecule has 0 bridgehead atoms. The van der Waals surface area contributed by atoms with E-state index in [-0.39, 0.29) is 13.2 Å². The summed E-state index contributed by atoms with van der Waals surface area (Å²) in [4.78, 5) is 23.5. The molecule has 0 aliphatic rings. The number of rotatable bonds is 7. The van der Waals surface area contributed by atoms with E-state index in [9.17, 15) is 9.59 Å². The first-order valence-corrected chi connectivity index (χ1v) is 8.92. The van der Waals surface area contributed by atoms with Gasteiger partial charge in [-0.05, 0) is 54.3 Å². The van der Waals surface area contributed by atoms with Crippen LogP contribution in [0.2, 0.25) is 5.02 Å². The molecule has 27 heavy (non-hydrogen) atoms. The molecule has 0 spiro atoms. The first-order valence-electron chi connectivity index (χ1n) is 8.54. The molecule has 2 amide bonds. The maximum Gasteiger partial charge on any atom is 0.276 e. The van der Waals surface area contributed by atoms with Crippen LogP contribution in [0.5, 0.6) is 11.5 Å². The lowest BCUT2D eigenvalue weighted by Crippen LogP contribution is -2.45. The van der Waals surface area contributed by atoms with Crippen molar-refractivity contribution in [3.8, 4) is 11.5 Å². The molecule has 144 valence electrons. The number of hydrogen-bond acceptors (Lipinski definition) is 4. The lowest BCUT2D eigenvalue weighted by atomic mass is 10.0. The number of nitrogens with one attached hydrogen (secondary N) is 2. The number of carbonyl (C=O) groups excluding carboxylic acids is 2. The van der Waals surface area contributed by atoms with E-state index in [0.717, 1.165) is 5.56 Å². The van der Waals surface area contributed by atoms with Crippen molar-refractivity contribution in [1.82, 2.24) is 10.9 Å². The first kappa shape index (κ1) is 20.6. The Labute approximate surface area is 163 Å². The molecule has 7 heteroatoms. The third-order valence-electron chi connectivity index (χ3n) is 3.76. The minimum Gasteiger partial charge on any atom is -0.484 e. The molecule has 0 heterocycles. The SMILES string of the molecule is Cc1cc(OCC(=O)NNC(=O)COc2ccc(C(C)C)cc2)ccc1Cl. The van der Waals surface area contributed by atoms with E-state index in [2.05, 4.69) is 24.7 Å². The highest BCUT2D eigenvalue weighted by Crippen LogP contribution is 2.21. The summed E-state index contributed by atoms with van der Waals surface area (Å²) in [6.07, 6.45) is 0. The van der Waals surface area contributed by atoms with Crippen LogP contribution in [-0.4, -0.2) is 25.0 Å². The number of aryl methyl sites for hydroxylation is 1. The first-order chi connectivity index (χ1) is 12.8. The van der Waals surface area contributed by atoms with Crippen molar-refractivity contribution in [2.24, 2.45) is 0 Å². The molecule has 2 rings (SSSR count). The zero-order valence-electron chi connectivity index (χ0n) is 15.5. The van der Waals surface area contributed by atoms with Crippen LogP contribution in [0.25, 0.3) is 0 Å². The van der Waals surface area contributed by atoms with Gasteiger partial charge in [-0.2, -0.15) is 0 Å². The van der Waals surface area contributed by atoms with Gasteiger partial charge >= 0.3 is 0 Å². The van der Waals surface area contributed by atoms with E-state index < -0.39 is 11.8 Å². The molecule has 0 aliphatic heterocycles. The average Bonchev–Trinajstić information content (AvgIpc) is 2.66. The van der Waals surface area contributed by atoms with Crippen molar-refractivity contribution < 1.29 is 19.1 Å². The molecule has 0 unspecified atom stereocenters. The van der Waals surface area contributed by atoms with Gasteiger partial charge in [0.25, 0.3) is 11.8 Å². The van der Waals surface area contributed by atoms with Crippen molar-refractivity contribution in [1.29, 1.82) is 0 Å². The van der Waals surface area contributed by atoms with Crippen LogP contribution in [-0.2, 0) is 9.59 Å². The maximum absolute atomic E-state index is 11.7. The highest BCUT2D eigenvalue weighted by Gasteiger charge is 2.07. The van der Waals surface area contributed by atoms with Gasteiger partial charge in [0, 0.05) is 5.02 Å². The third-order valence-corrected chi connectivity index (χ3v) is 4.18. The van der Waals surface area contributed by atoms with Gasteiger partial charge in [-0.25, -0.2) is 0 Å². The monoisotopic (exact) mass is 390 g/mol. The van der Waals surface area contributed by atoms with Crippen molar-refractivity contribution in [2.45, 2.75) is 26.7 Å². The molecular formula is C20H23ClN2O4. The van der Waals surface area contributed by atoms with E-state index in [4.69, 9.17) is 21.1 Å². The van der Waals surface area contributed by atoms with Crippen LogP contribution in [0.15, 0.2) is 42.5 Å². The van der Waals surface area contributed by atoms with E-state index in [0.29, 0.717) is 22.4 Å². The number of hydrogen-bond donors (Lipinski definition) is 2. The maximum atomic E-state index is 11.7. The molecule has 0 saturated carbocycles. The van der Waals surface area contributed by atoms with Gasteiger partial charge in [0.2, 0.25) is 0 Å². The standard InChI is InChI=1S/C20H23ClN2O4/c1-13(2)15-4-6-16(7-5-15)26-11-19(24)22-23-20(25)12-27-17-8-9-18(21)14(3)10-17/h4-10,13H,11-12H2,1-3H3,(H,22,24)(H,23,25). The Balaban J connectivity index is 1.68. The molecule has 0 fully saturated rings. The summed E-state index contributed by atoms with van der Waals surface area (Å²) < 4.78 is 10.7. The number of benzene rings is 2. The second-order valence-corrected chi connectivity index (χ2v) is 6.72. The minimum atomic E-state index is -0.489. The minimum absolute atomic E-state index is 0.210. The molecule has 2 N–H and O–H groups in total. The molecule has 6 nitrogen and oxygen atoms in total. The zero-order chi connectivity index (χ0) is 19.8. The average molecular weight is 391 g/mol. The number of ether oxygens (including phenoxy) is 2. The van der Waals surface area contributed by atoms with Crippen LogP contribution >= 0.6 is 11.6 Å². The second-order valence-electron chi connectivity index (χ2n) is 6.31. The fraction of sp³-hybridized carbons (Fsp3) is 0.300. The molecule has 2 aromatic rings. The summed E-state index contributed by atoms with van der Waals surface area (Å²) in [5, 5.41) is 0.623. The summed E-state index contributed by atoms with van der Waals surface area (Å²) in [5.41, 5.74) is 6.58. The van der Waals surface area contributed by atoms with Crippen molar-refractivity contribution >= 4 is 23.4 Å². The fourth-order valence-corrected chi connectivity index (χ4v) is 2.28. The molecule has 0 radical (unpaired) electrons. The van der Waals surface area contributed by atoms with Gasteiger partial charge in [-0.15, -0.1) is 0 Å². The quantitative estimate of drug-likeness (QED) is 0.710. The Hall–Kier alpha value is -2.73. The van der Waals surface area contributed by atoms with Crippen LogP contribution in [0.4, 0.5) is 0 Å². The lowest BCUT2D eigenvalue weighted by molar-refractivity contribution is -0.131. The van der Waals surface area contributed by atoms with E-state index in [1.165, 1.54) is 5.56 Å². The Morgan fingerprint density at radius 1 is 0.926 bits per heavy atom. The number of carbonyl (C=O) groups is 2. The van der Waals surface area contributed by atoms with Crippen molar-refractivity contribution in [3.05, 3.63) is 58.6 Å². The molecule has 0 saturated heterocycles. The summed E-state index contributed by atoms with van der Waals surface area (Å²) >= 11 is 5.93. The van der Waals surface area contributed by atoms with Crippen molar-refractivity contribution in [3.63, 3.8) is 0 Å². The summed E-state index contributed by atoms with van der Waals surface area (Å²) in [7, 11) is 0. The van der Waals surface area contributed by atoms with Crippen LogP contribution in [0.3, 0.4) is 0 Å². The molecule has 2 aromatic carbocycles. The van der Waals surface area contributed by atoms with Gasteiger partial charge in [-0.3, -0.25) is 20.4 Å². The number of hydrazine groups is 1. The summed E-state index contributed by atoms with van der Waals surface area (Å²) in [6.45, 7) is 5.59. The smallest absolute Gasteiger partial charge is 0.276 e. The zero-order valence-corrected chi connectivity index (χ0v) is 16.3. The second kappa shape index (κ2) is 9.83. The van der Waals surface area contributed by atoms with Gasteiger partial charge in [-0.1, -0.05) is 37.6 Å². The lowest BCUT2D eigenvalue weighted by Gasteiger charge is -2.11. The normalized spacial score (nSPS) is 10.4. The summed E-state index contributed by atoms with van der Waals surface area (Å²) in [5.74, 6) is 0.571. The van der Waals surface area contributed by atoms with Crippen LogP contribution in [0, 0.1) is 6.92 Å². The highest BCUT2D eigenvalue weighted by atomic mass is 35.5. The van der Waals surface area contributed by atoms with Gasteiger partial charge in [0.1, 0.15) is 11.5 Å². The van der Waals surface area contributed by atoms with Gasteiger partial charge in [0.15, 0.2) is 13.2 Å². The molecule has 0 aromatic heterocycles. The number of halogens is 1. The topological polar surface area (TPSA) is 76.7 Å². The fourth-order valence-electron chi connectivity index (χ4n) is 2.17. The van der Waals surface area contributed by atoms with Crippen molar-refractivity contribution in [2.75, 3.05) is 13.2 Å². The van der Waals surface area contributed by atoms with E-state index in [1.807, 2.05) is 31.2 Å². The Bertz CT molecular complexity index is 791. The van der Waals surface area contributed by atoms with E-state index >= 15 is 0 Å². The molecule has 0 atom stereocenters. The Morgan fingerprint density at radius 2 is 1.44 bits per heavy atom. The Kier molecular flexibility index (Phi) is 7.49.